The molecule has 0 spiro atoms. The van der Waals surface area contributed by atoms with E-state index in [9.17, 15) is 28.8 Å². The van der Waals surface area contributed by atoms with Gasteiger partial charge >= 0.3 is 35.8 Å². The van der Waals surface area contributed by atoms with Gasteiger partial charge in [0.15, 0.2) is 0 Å². The molecule has 0 heterocycles. The number of hydrogen-bond acceptors (Lipinski definition) is 12. The minimum absolute atomic E-state index is 0.0353. The van der Waals surface area contributed by atoms with E-state index in [4.69, 9.17) is 28.4 Å². The van der Waals surface area contributed by atoms with Crippen molar-refractivity contribution >= 4 is 35.8 Å². The fraction of sp³-hybridized carbons (Fsp3) is 0.520. The van der Waals surface area contributed by atoms with E-state index in [-0.39, 0.29) is 42.9 Å². The molecule has 0 bridgehead atoms. The fourth-order valence-corrected chi connectivity index (χ4v) is 6.61. The van der Waals surface area contributed by atoms with Crippen LogP contribution in [0.1, 0.15) is 163 Å². The van der Waals surface area contributed by atoms with Gasteiger partial charge in [0.05, 0.1) is 35.0 Å². The van der Waals surface area contributed by atoms with E-state index in [2.05, 4.69) is 0 Å². The fourth-order valence-electron chi connectivity index (χ4n) is 6.61. The SMILES string of the molecule is CCC(C)(CC(C)OC(=O)c1ccccc1C(=O)OC(C)(C)C(C)(C)CC(C)OC(=O)CCCCC(=O)OC(C)(C)C(C)COC(=O)c1ccccc1)OC(=O)c1ccccc1. The molecule has 62 heavy (non-hydrogen) atoms. The lowest BCUT2D eigenvalue weighted by atomic mass is 9.73. The highest BCUT2D eigenvalue weighted by molar-refractivity contribution is 6.03. The molecule has 3 aromatic rings. The summed E-state index contributed by atoms with van der Waals surface area (Å²) in [7, 11) is 0. The summed E-state index contributed by atoms with van der Waals surface area (Å²) in [6.07, 6.45) is 0.931. The Morgan fingerprint density at radius 3 is 1.56 bits per heavy atom. The Balaban J connectivity index is 1.46. The summed E-state index contributed by atoms with van der Waals surface area (Å²) in [5.74, 6) is -3.45. The second kappa shape index (κ2) is 22.5. The first-order valence-corrected chi connectivity index (χ1v) is 21.4. The van der Waals surface area contributed by atoms with Gasteiger partial charge in [-0.2, -0.15) is 0 Å². The van der Waals surface area contributed by atoms with E-state index in [0.29, 0.717) is 36.8 Å². The molecule has 0 aliphatic heterocycles. The molecular weight excluding hydrogens is 793 g/mol. The van der Waals surface area contributed by atoms with Crippen LogP contribution in [-0.4, -0.2) is 71.4 Å². The minimum atomic E-state index is -1.07. The van der Waals surface area contributed by atoms with Crippen LogP contribution in [0.4, 0.5) is 0 Å². The Morgan fingerprint density at radius 2 is 1.02 bits per heavy atom. The molecule has 0 aliphatic carbocycles. The van der Waals surface area contributed by atoms with Gasteiger partial charge in [0.1, 0.15) is 22.9 Å². The summed E-state index contributed by atoms with van der Waals surface area (Å²) in [6.45, 7) is 20.0. The van der Waals surface area contributed by atoms with E-state index < -0.39 is 70.2 Å². The highest BCUT2D eigenvalue weighted by Gasteiger charge is 2.43. The van der Waals surface area contributed by atoms with Gasteiger partial charge in [-0.05, 0) is 111 Å². The summed E-state index contributed by atoms with van der Waals surface area (Å²) in [4.78, 5) is 77.7. The molecule has 0 fully saturated rings. The van der Waals surface area contributed by atoms with Crippen molar-refractivity contribution in [1.29, 1.82) is 0 Å². The van der Waals surface area contributed by atoms with Crippen molar-refractivity contribution in [2.45, 2.75) is 150 Å². The number of carbonyl (C=O) groups is 6. The first-order valence-electron chi connectivity index (χ1n) is 21.4. The molecule has 338 valence electrons. The summed E-state index contributed by atoms with van der Waals surface area (Å²) < 4.78 is 34.5. The van der Waals surface area contributed by atoms with Gasteiger partial charge in [0.2, 0.25) is 0 Å². The molecular formula is C50H66O12. The molecule has 0 N–H and O–H groups in total. The van der Waals surface area contributed by atoms with Crippen LogP contribution in [0, 0.1) is 11.3 Å². The molecule has 12 nitrogen and oxygen atoms in total. The molecule has 12 heteroatoms. The standard InChI is InChI=1S/C50H66O12/c1-12-50(11,62-44(54)38-25-17-14-18-26-38)32-36(4)59-45(55)39-27-19-20-28-40(39)46(56)61-49(9,10)47(5,6)31-35(3)58-41(51)29-21-22-30-42(52)60-48(7,8)34(2)33-57-43(53)37-23-15-13-16-24-37/h13-20,23-28,34-36H,12,21-22,29-33H2,1-11H3. The van der Waals surface area contributed by atoms with Gasteiger partial charge in [-0.15, -0.1) is 0 Å². The zero-order valence-corrected chi connectivity index (χ0v) is 38.4. The minimum Gasteiger partial charge on any atom is -0.463 e. The molecule has 3 rings (SSSR count). The number of unbranched alkanes of at least 4 members (excludes halogenated alkanes) is 1. The number of carbonyl (C=O) groups excluding carboxylic acids is 6. The second-order valence-corrected chi connectivity index (χ2v) is 18.0. The lowest BCUT2D eigenvalue weighted by Gasteiger charge is -2.42. The van der Waals surface area contributed by atoms with Crippen LogP contribution in [0.2, 0.25) is 0 Å². The predicted octanol–water partition coefficient (Wildman–Crippen LogP) is 10.3. The third-order valence-corrected chi connectivity index (χ3v) is 11.6. The Kier molecular flexibility index (Phi) is 18.5. The Morgan fingerprint density at radius 1 is 0.532 bits per heavy atom. The summed E-state index contributed by atoms with van der Waals surface area (Å²) >= 11 is 0. The van der Waals surface area contributed by atoms with Crippen molar-refractivity contribution in [1.82, 2.24) is 0 Å². The van der Waals surface area contributed by atoms with Crippen molar-refractivity contribution in [2.75, 3.05) is 6.61 Å². The number of ether oxygens (including phenoxy) is 6. The number of rotatable bonds is 23. The highest BCUT2D eigenvalue weighted by Crippen LogP contribution is 2.39. The quantitative estimate of drug-likeness (QED) is 0.0506. The van der Waals surface area contributed by atoms with Gasteiger partial charge in [-0.1, -0.05) is 76.2 Å². The molecule has 0 saturated heterocycles. The molecule has 0 aliphatic rings. The summed E-state index contributed by atoms with van der Waals surface area (Å²) in [6, 6.07) is 23.6. The van der Waals surface area contributed by atoms with Crippen molar-refractivity contribution < 1.29 is 57.2 Å². The monoisotopic (exact) mass is 858 g/mol. The third-order valence-electron chi connectivity index (χ3n) is 11.6. The number of hydrogen-bond donors (Lipinski definition) is 0. The number of esters is 6. The largest absolute Gasteiger partial charge is 0.463 e. The van der Waals surface area contributed by atoms with E-state index >= 15 is 0 Å². The second-order valence-electron chi connectivity index (χ2n) is 18.0. The maximum Gasteiger partial charge on any atom is 0.339 e. The van der Waals surface area contributed by atoms with Crippen molar-refractivity contribution in [3.63, 3.8) is 0 Å². The van der Waals surface area contributed by atoms with Crippen LogP contribution >= 0.6 is 0 Å². The van der Waals surface area contributed by atoms with Gasteiger partial charge in [-0.3, -0.25) is 9.59 Å². The average molecular weight is 859 g/mol. The molecule has 3 aromatic carbocycles. The highest BCUT2D eigenvalue weighted by atomic mass is 16.6. The van der Waals surface area contributed by atoms with E-state index in [1.54, 1.807) is 109 Å². The van der Waals surface area contributed by atoms with Crippen molar-refractivity contribution in [3.05, 3.63) is 107 Å². The molecule has 0 amide bonds. The van der Waals surface area contributed by atoms with E-state index in [0.717, 1.165) is 0 Å². The zero-order valence-electron chi connectivity index (χ0n) is 38.4. The molecule has 0 saturated carbocycles. The predicted molar refractivity (Wildman–Crippen MR) is 234 cm³/mol. The molecule has 4 unspecified atom stereocenters. The van der Waals surface area contributed by atoms with Crippen LogP contribution in [-0.2, 0) is 38.0 Å². The Labute approximate surface area is 367 Å². The lowest BCUT2D eigenvalue weighted by molar-refractivity contribution is -0.163. The van der Waals surface area contributed by atoms with Crippen LogP contribution in [0.5, 0.6) is 0 Å². The number of benzene rings is 3. The topological polar surface area (TPSA) is 158 Å². The van der Waals surface area contributed by atoms with Crippen LogP contribution < -0.4 is 0 Å². The van der Waals surface area contributed by atoms with Gasteiger partial charge in [-0.25, -0.2) is 19.2 Å². The maximum atomic E-state index is 13.7. The van der Waals surface area contributed by atoms with Crippen molar-refractivity contribution in [3.8, 4) is 0 Å². The first kappa shape index (κ1) is 50.8. The van der Waals surface area contributed by atoms with Gasteiger partial charge < -0.3 is 28.4 Å². The van der Waals surface area contributed by atoms with Crippen molar-refractivity contribution in [2.24, 2.45) is 11.3 Å². The average Bonchev–Trinajstić information content (AvgIpc) is 3.21. The van der Waals surface area contributed by atoms with E-state index in [1.165, 1.54) is 12.1 Å². The summed E-state index contributed by atoms with van der Waals surface area (Å²) in [5, 5.41) is 0. The first-order chi connectivity index (χ1) is 29.0. The molecule has 4 atom stereocenters. The zero-order chi connectivity index (χ0) is 46.3. The smallest absolute Gasteiger partial charge is 0.339 e. The van der Waals surface area contributed by atoms with Crippen LogP contribution in [0.25, 0.3) is 0 Å². The third kappa shape index (κ3) is 15.4. The molecule has 0 radical (unpaired) electrons. The Bertz CT molecular complexity index is 1970. The summed E-state index contributed by atoms with van der Waals surface area (Å²) in [5.41, 5.74) is -2.62. The van der Waals surface area contributed by atoms with Gasteiger partial charge in [0.25, 0.3) is 0 Å². The van der Waals surface area contributed by atoms with Crippen LogP contribution in [0.15, 0.2) is 84.9 Å². The van der Waals surface area contributed by atoms with Gasteiger partial charge in [0, 0.05) is 30.6 Å². The lowest BCUT2D eigenvalue weighted by Crippen LogP contribution is -2.45. The van der Waals surface area contributed by atoms with Crippen LogP contribution in [0.3, 0.4) is 0 Å². The van der Waals surface area contributed by atoms with E-state index in [1.807, 2.05) is 39.8 Å². The normalized spacial score (nSPS) is 14.2. The maximum absolute atomic E-state index is 13.7. The molecule has 0 aromatic heterocycles. The Hall–Kier alpha value is -5.52.